The van der Waals surface area contributed by atoms with Crippen LogP contribution in [0.1, 0.15) is 12.0 Å². The van der Waals surface area contributed by atoms with Crippen molar-refractivity contribution in [2.75, 3.05) is 26.3 Å². The first-order valence-electron chi connectivity index (χ1n) is 6.51. The van der Waals surface area contributed by atoms with Crippen LogP contribution >= 0.6 is 0 Å². The van der Waals surface area contributed by atoms with Gasteiger partial charge in [-0.25, -0.2) is 4.98 Å². The fourth-order valence-electron chi connectivity index (χ4n) is 3.25. The van der Waals surface area contributed by atoms with Crippen LogP contribution < -0.4 is 5.32 Å². The van der Waals surface area contributed by atoms with Gasteiger partial charge in [-0.05, 0) is 43.1 Å². The Morgan fingerprint density at radius 1 is 1.33 bits per heavy atom. The lowest BCUT2D eigenvalue weighted by atomic mass is 9.68. The lowest BCUT2D eigenvalue weighted by Gasteiger charge is -2.46. The van der Waals surface area contributed by atoms with Crippen molar-refractivity contribution >= 4 is 11.1 Å². The van der Waals surface area contributed by atoms with Gasteiger partial charge >= 0.3 is 0 Å². The van der Waals surface area contributed by atoms with Crippen LogP contribution in [0.4, 0.5) is 0 Å². The molecule has 94 valence electrons. The molecule has 2 aromatic rings. The van der Waals surface area contributed by atoms with Crippen molar-refractivity contribution in [2.45, 2.75) is 11.8 Å². The molecule has 1 aromatic carbocycles. The molecule has 0 aliphatic carbocycles. The minimum Gasteiger partial charge on any atom is -0.443 e. The second-order valence-corrected chi connectivity index (χ2v) is 5.37. The minimum absolute atomic E-state index is 0.185. The van der Waals surface area contributed by atoms with E-state index in [1.807, 2.05) is 0 Å². The van der Waals surface area contributed by atoms with Gasteiger partial charge in [-0.15, -0.1) is 0 Å². The van der Waals surface area contributed by atoms with E-state index in [9.17, 15) is 0 Å². The molecule has 0 saturated carbocycles. The van der Waals surface area contributed by atoms with Crippen molar-refractivity contribution in [3.05, 3.63) is 30.2 Å². The third kappa shape index (κ3) is 1.36. The van der Waals surface area contributed by atoms with Gasteiger partial charge in [0, 0.05) is 5.41 Å². The molecule has 1 unspecified atom stereocenters. The molecule has 0 radical (unpaired) electrons. The summed E-state index contributed by atoms with van der Waals surface area (Å²) >= 11 is 0. The number of fused-ring (bicyclic) bond motifs is 1. The summed E-state index contributed by atoms with van der Waals surface area (Å²) in [5, 5.41) is 3.46. The highest BCUT2D eigenvalue weighted by molar-refractivity contribution is 5.73. The maximum Gasteiger partial charge on any atom is 0.181 e. The molecule has 4 nitrogen and oxygen atoms in total. The van der Waals surface area contributed by atoms with E-state index in [2.05, 4.69) is 28.5 Å². The first-order valence-corrected chi connectivity index (χ1v) is 6.51. The molecule has 2 aliphatic rings. The summed E-state index contributed by atoms with van der Waals surface area (Å²) in [4.78, 5) is 4.17. The van der Waals surface area contributed by atoms with Crippen LogP contribution in [0.15, 0.2) is 29.0 Å². The van der Waals surface area contributed by atoms with Gasteiger partial charge in [0.05, 0.1) is 13.2 Å². The van der Waals surface area contributed by atoms with Crippen molar-refractivity contribution in [1.82, 2.24) is 10.3 Å². The van der Waals surface area contributed by atoms with Gasteiger partial charge in [0.25, 0.3) is 0 Å². The molecule has 0 amide bonds. The Balaban J connectivity index is 1.78. The van der Waals surface area contributed by atoms with Gasteiger partial charge in [0.15, 0.2) is 12.0 Å². The Bertz CT molecular complexity index is 568. The van der Waals surface area contributed by atoms with Gasteiger partial charge < -0.3 is 14.5 Å². The van der Waals surface area contributed by atoms with Crippen molar-refractivity contribution in [2.24, 2.45) is 5.92 Å². The standard InChI is InChI=1S/C14H16N2O2/c1-2-12-13(18-9-16-12)5-10(1)14(7-17-8-14)11-3-4-15-6-11/h1-2,5,9,11,15H,3-4,6-8H2. The van der Waals surface area contributed by atoms with Crippen molar-refractivity contribution in [1.29, 1.82) is 0 Å². The second kappa shape index (κ2) is 3.80. The van der Waals surface area contributed by atoms with E-state index in [4.69, 9.17) is 9.15 Å². The highest BCUT2D eigenvalue weighted by atomic mass is 16.5. The molecule has 0 bridgehead atoms. The topological polar surface area (TPSA) is 47.3 Å². The number of aromatic nitrogens is 1. The maximum atomic E-state index is 5.52. The number of ether oxygens (including phenoxy) is 1. The maximum absolute atomic E-state index is 5.52. The molecular formula is C14H16N2O2. The number of benzene rings is 1. The van der Waals surface area contributed by atoms with Gasteiger partial charge in [-0.2, -0.15) is 0 Å². The minimum atomic E-state index is 0.185. The average Bonchev–Trinajstić information content (AvgIpc) is 2.96. The Kier molecular flexibility index (Phi) is 2.22. The average molecular weight is 244 g/mol. The molecule has 4 rings (SSSR count). The van der Waals surface area contributed by atoms with Gasteiger partial charge in [-0.1, -0.05) is 6.07 Å². The number of hydrogen-bond acceptors (Lipinski definition) is 4. The third-order valence-corrected chi connectivity index (χ3v) is 4.47. The van der Waals surface area contributed by atoms with Crippen LogP contribution in [0.25, 0.3) is 11.1 Å². The molecule has 2 aliphatic heterocycles. The van der Waals surface area contributed by atoms with E-state index >= 15 is 0 Å². The number of rotatable bonds is 2. The summed E-state index contributed by atoms with van der Waals surface area (Å²) in [5.74, 6) is 0.673. The van der Waals surface area contributed by atoms with Crippen LogP contribution in [0.2, 0.25) is 0 Å². The molecule has 1 atom stereocenters. The lowest BCUT2D eigenvalue weighted by molar-refractivity contribution is -0.0868. The first kappa shape index (κ1) is 10.5. The van der Waals surface area contributed by atoms with Crippen LogP contribution in [-0.4, -0.2) is 31.3 Å². The number of oxazole rings is 1. The Labute approximate surface area is 105 Å². The summed E-state index contributed by atoms with van der Waals surface area (Å²) in [6, 6.07) is 6.38. The molecular weight excluding hydrogens is 228 g/mol. The zero-order valence-corrected chi connectivity index (χ0v) is 10.2. The van der Waals surface area contributed by atoms with E-state index in [-0.39, 0.29) is 5.41 Å². The van der Waals surface area contributed by atoms with Crippen molar-refractivity contribution < 1.29 is 9.15 Å². The highest BCUT2D eigenvalue weighted by Crippen LogP contribution is 2.42. The van der Waals surface area contributed by atoms with Crippen LogP contribution in [0.3, 0.4) is 0 Å². The van der Waals surface area contributed by atoms with E-state index in [1.54, 1.807) is 0 Å². The van der Waals surface area contributed by atoms with E-state index in [0.717, 1.165) is 37.4 Å². The monoisotopic (exact) mass is 244 g/mol. The summed E-state index contributed by atoms with van der Waals surface area (Å²) in [5.41, 5.74) is 3.33. The molecule has 0 spiro atoms. The lowest BCUT2D eigenvalue weighted by Crippen LogP contribution is -2.53. The normalized spacial score (nSPS) is 26.3. The Morgan fingerprint density at radius 2 is 2.28 bits per heavy atom. The summed E-state index contributed by atoms with van der Waals surface area (Å²) in [6.45, 7) is 3.88. The zero-order chi connectivity index (χ0) is 12.0. The highest BCUT2D eigenvalue weighted by Gasteiger charge is 2.47. The zero-order valence-electron chi connectivity index (χ0n) is 10.2. The predicted molar refractivity (Wildman–Crippen MR) is 67.5 cm³/mol. The van der Waals surface area contributed by atoms with Crippen molar-refractivity contribution in [3.63, 3.8) is 0 Å². The third-order valence-electron chi connectivity index (χ3n) is 4.47. The van der Waals surface area contributed by atoms with Gasteiger partial charge in [-0.3, -0.25) is 0 Å². The molecule has 1 N–H and O–H groups in total. The van der Waals surface area contributed by atoms with E-state index in [1.165, 1.54) is 18.4 Å². The van der Waals surface area contributed by atoms with Crippen LogP contribution in [0, 0.1) is 5.92 Å². The van der Waals surface area contributed by atoms with Crippen molar-refractivity contribution in [3.8, 4) is 0 Å². The molecule has 1 aromatic heterocycles. The Morgan fingerprint density at radius 3 is 3.00 bits per heavy atom. The van der Waals surface area contributed by atoms with E-state index in [0.29, 0.717) is 5.92 Å². The molecule has 3 heterocycles. The fourth-order valence-corrected chi connectivity index (χ4v) is 3.25. The van der Waals surface area contributed by atoms with Gasteiger partial charge in [0.1, 0.15) is 5.52 Å². The second-order valence-electron chi connectivity index (χ2n) is 5.37. The summed E-state index contributed by atoms with van der Waals surface area (Å²) in [6.07, 6.45) is 2.74. The number of hydrogen-bond donors (Lipinski definition) is 1. The number of nitrogens with zero attached hydrogens (tertiary/aromatic N) is 1. The first-order chi connectivity index (χ1) is 8.88. The largest absolute Gasteiger partial charge is 0.443 e. The molecule has 2 fully saturated rings. The van der Waals surface area contributed by atoms with Crippen LogP contribution in [-0.2, 0) is 10.2 Å². The molecule has 2 saturated heterocycles. The Hall–Kier alpha value is -1.39. The van der Waals surface area contributed by atoms with E-state index < -0.39 is 0 Å². The predicted octanol–water partition coefficient (Wildman–Crippen LogP) is 1.71. The molecule has 18 heavy (non-hydrogen) atoms. The molecule has 4 heteroatoms. The summed E-state index contributed by atoms with van der Waals surface area (Å²) in [7, 11) is 0. The smallest absolute Gasteiger partial charge is 0.181 e. The fraction of sp³-hybridized carbons (Fsp3) is 0.500. The SMILES string of the molecule is c1nc2ccc(C3(C4CCNC4)COC3)cc2o1. The number of nitrogens with one attached hydrogen (secondary N) is 1. The summed E-state index contributed by atoms with van der Waals surface area (Å²) < 4.78 is 10.9. The quantitative estimate of drug-likeness (QED) is 0.873. The van der Waals surface area contributed by atoms with Crippen LogP contribution in [0.5, 0.6) is 0 Å². The van der Waals surface area contributed by atoms with Gasteiger partial charge in [0.2, 0.25) is 0 Å².